The van der Waals surface area contributed by atoms with E-state index in [1.807, 2.05) is 0 Å². The molecule has 1 aliphatic heterocycles. The monoisotopic (exact) mass is 373 g/mol. The third kappa shape index (κ3) is 3.44. The summed E-state index contributed by atoms with van der Waals surface area (Å²) in [4.78, 5) is 2.73. The van der Waals surface area contributed by atoms with Crippen molar-refractivity contribution < 1.29 is 4.39 Å². The van der Waals surface area contributed by atoms with Crippen molar-refractivity contribution in [1.29, 1.82) is 5.26 Å². The summed E-state index contributed by atoms with van der Waals surface area (Å²) >= 11 is 0. The van der Waals surface area contributed by atoms with Gasteiger partial charge in [-0.15, -0.1) is 0 Å². The number of rotatable bonds is 4. The second-order valence-corrected chi connectivity index (χ2v) is 10.8. The largest absolute Gasteiger partial charge is 0.324 e. The van der Waals surface area contributed by atoms with Crippen LogP contribution in [0.15, 0.2) is 0 Å². The van der Waals surface area contributed by atoms with Crippen molar-refractivity contribution in [3.63, 3.8) is 0 Å². The van der Waals surface area contributed by atoms with Crippen LogP contribution in [0.4, 0.5) is 4.39 Å². The average molecular weight is 374 g/mol. The quantitative estimate of drug-likeness (QED) is 0.800. The number of piperidine rings is 1. The van der Waals surface area contributed by atoms with Crippen LogP contribution in [0.2, 0.25) is 0 Å². The molecule has 27 heavy (non-hydrogen) atoms. The molecule has 0 aromatic rings. The molecule has 4 aliphatic carbocycles. The van der Waals surface area contributed by atoms with Crippen LogP contribution < -0.4 is 5.73 Å². The SMILES string of the molecule is N#CC1CCC(C2CCCC(CN3C[C@@]4(N)CC[C@@H]3C4)C2C2CC2)CC1F. The van der Waals surface area contributed by atoms with E-state index >= 15 is 0 Å². The van der Waals surface area contributed by atoms with Gasteiger partial charge in [-0.3, -0.25) is 4.90 Å². The molecule has 5 aliphatic rings. The third-order valence-electron chi connectivity index (χ3n) is 9.02. The number of alkyl halides is 1. The van der Waals surface area contributed by atoms with E-state index in [0.717, 1.165) is 43.2 Å². The molecular formula is C23H36FN3. The van der Waals surface area contributed by atoms with Crippen molar-refractivity contribution in [3.05, 3.63) is 0 Å². The van der Waals surface area contributed by atoms with Crippen molar-refractivity contribution >= 4 is 0 Å². The molecule has 1 saturated heterocycles. The first-order valence-corrected chi connectivity index (χ1v) is 11.6. The zero-order chi connectivity index (χ0) is 18.6. The second kappa shape index (κ2) is 6.99. The number of nitrogens with zero attached hydrogens (tertiary/aromatic N) is 2. The summed E-state index contributed by atoms with van der Waals surface area (Å²) in [5.41, 5.74) is 6.68. The molecule has 4 saturated carbocycles. The molecule has 4 heteroatoms. The molecule has 0 amide bonds. The van der Waals surface area contributed by atoms with Crippen molar-refractivity contribution in [2.45, 2.75) is 88.4 Å². The van der Waals surface area contributed by atoms with E-state index < -0.39 is 6.17 Å². The Morgan fingerprint density at radius 1 is 1.07 bits per heavy atom. The van der Waals surface area contributed by atoms with Gasteiger partial charge in [0.25, 0.3) is 0 Å². The van der Waals surface area contributed by atoms with Crippen LogP contribution in [0.1, 0.15) is 70.6 Å². The van der Waals surface area contributed by atoms with Crippen LogP contribution >= 0.6 is 0 Å². The molecule has 0 aromatic heterocycles. The molecule has 8 atom stereocenters. The standard InChI is InChI=1S/C23H36FN3/c24-21-10-16(6-7-17(21)12-25)20-3-1-2-18(22(20)15-4-5-15)13-27-14-23(26)9-8-19(27)11-23/h15-22H,1-11,13-14,26H2/t16?,17?,18?,19-,20?,21?,22?,23-/m1/s1. The van der Waals surface area contributed by atoms with Gasteiger partial charge in [0.15, 0.2) is 0 Å². The van der Waals surface area contributed by atoms with Crippen LogP contribution in [0.25, 0.3) is 0 Å². The summed E-state index contributed by atoms with van der Waals surface area (Å²) in [6, 6.07) is 2.94. The Hall–Kier alpha value is -0.660. The van der Waals surface area contributed by atoms with Crippen LogP contribution in [0.5, 0.6) is 0 Å². The molecule has 2 bridgehead atoms. The van der Waals surface area contributed by atoms with Gasteiger partial charge in [0.2, 0.25) is 0 Å². The van der Waals surface area contributed by atoms with E-state index in [9.17, 15) is 9.65 Å². The molecule has 0 aromatic carbocycles. The van der Waals surface area contributed by atoms with Gasteiger partial charge in [0.1, 0.15) is 6.17 Å². The van der Waals surface area contributed by atoms with Crippen LogP contribution in [-0.4, -0.2) is 35.7 Å². The van der Waals surface area contributed by atoms with Gasteiger partial charge < -0.3 is 5.73 Å². The second-order valence-electron chi connectivity index (χ2n) is 10.8. The Bertz CT molecular complexity index is 599. The maximum Gasteiger partial charge on any atom is 0.116 e. The molecular weight excluding hydrogens is 337 g/mol. The first-order chi connectivity index (χ1) is 13.1. The summed E-state index contributed by atoms with van der Waals surface area (Å²) in [5, 5.41) is 9.18. The summed E-state index contributed by atoms with van der Waals surface area (Å²) < 4.78 is 14.5. The van der Waals surface area contributed by atoms with Gasteiger partial charge >= 0.3 is 0 Å². The van der Waals surface area contributed by atoms with Crippen molar-refractivity contribution in [3.8, 4) is 6.07 Å². The fraction of sp³-hybridized carbons (Fsp3) is 0.957. The topological polar surface area (TPSA) is 53.0 Å². The summed E-state index contributed by atoms with van der Waals surface area (Å²) in [6.45, 7) is 2.35. The highest BCUT2D eigenvalue weighted by molar-refractivity contribution is 5.07. The number of fused-ring (bicyclic) bond motifs is 2. The fourth-order valence-corrected chi connectivity index (χ4v) is 7.64. The van der Waals surface area contributed by atoms with E-state index in [1.165, 1.54) is 57.9 Å². The Labute approximate surface area is 163 Å². The van der Waals surface area contributed by atoms with Gasteiger partial charge in [-0.25, -0.2) is 4.39 Å². The van der Waals surface area contributed by atoms with Crippen LogP contribution in [-0.2, 0) is 0 Å². The van der Waals surface area contributed by atoms with E-state index in [1.54, 1.807) is 0 Å². The van der Waals surface area contributed by atoms with E-state index in [2.05, 4.69) is 11.0 Å². The van der Waals surface area contributed by atoms with E-state index in [-0.39, 0.29) is 11.5 Å². The highest BCUT2D eigenvalue weighted by Gasteiger charge is 2.51. The first kappa shape index (κ1) is 18.4. The number of nitriles is 1. The fourth-order valence-electron chi connectivity index (χ4n) is 7.64. The van der Waals surface area contributed by atoms with Gasteiger partial charge in [0, 0.05) is 24.7 Å². The van der Waals surface area contributed by atoms with Gasteiger partial charge in [-0.05, 0) is 93.8 Å². The maximum absolute atomic E-state index is 14.5. The number of hydrogen-bond donors (Lipinski definition) is 1. The van der Waals surface area contributed by atoms with Crippen molar-refractivity contribution in [2.75, 3.05) is 13.1 Å². The highest BCUT2D eigenvalue weighted by Crippen LogP contribution is 2.54. The van der Waals surface area contributed by atoms with Crippen molar-refractivity contribution in [2.24, 2.45) is 41.2 Å². The minimum atomic E-state index is -0.889. The Balaban J connectivity index is 1.28. The van der Waals surface area contributed by atoms with E-state index in [4.69, 9.17) is 5.73 Å². The lowest BCUT2D eigenvalue weighted by atomic mass is 9.61. The Morgan fingerprint density at radius 2 is 1.89 bits per heavy atom. The molecule has 2 N–H and O–H groups in total. The molecule has 150 valence electrons. The minimum absolute atomic E-state index is 0.102. The summed E-state index contributed by atoms with van der Waals surface area (Å²) in [5.74, 6) is 3.39. The predicted octanol–water partition coefficient (Wildman–Crippen LogP) is 4.27. The molecule has 5 fully saturated rings. The smallest absolute Gasteiger partial charge is 0.116 e. The molecule has 5 rings (SSSR count). The van der Waals surface area contributed by atoms with Crippen LogP contribution in [0, 0.1) is 46.8 Å². The lowest BCUT2D eigenvalue weighted by Gasteiger charge is -2.46. The zero-order valence-corrected chi connectivity index (χ0v) is 16.7. The predicted molar refractivity (Wildman–Crippen MR) is 105 cm³/mol. The highest BCUT2D eigenvalue weighted by atomic mass is 19.1. The Kier molecular flexibility index (Phi) is 4.76. The first-order valence-electron chi connectivity index (χ1n) is 11.6. The number of nitrogens with two attached hydrogens (primary N) is 1. The molecule has 6 unspecified atom stereocenters. The average Bonchev–Trinajstić information content (AvgIpc) is 3.36. The maximum atomic E-state index is 14.5. The third-order valence-corrected chi connectivity index (χ3v) is 9.02. The molecule has 3 nitrogen and oxygen atoms in total. The number of halogens is 1. The minimum Gasteiger partial charge on any atom is -0.324 e. The summed E-state index contributed by atoms with van der Waals surface area (Å²) in [6.07, 6.45) is 12.1. The van der Waals surface area contributed by atoms with E-state index in [0.29, 0.717) is 18.3 Å². The van der Waals surface area contributed by atoms with Crippen LogP contribution in [0.3, 0.4) is 0 Å². The number of likely N-dealkylation sites (tertiary alicyclic amines) is 1. The zero-order valence-electron chi connectivity index (χ0n) is 16.7. The molecule has 0 radical (unpaired) electrons. The molecule has 0 spiro atoms. The summed E-state index contributed by atoms with van der Waals surface area (Å²) in [7, 11) is 0. The lowest BCUT2D eigenvalue weighted by molar-refractivity contribution is 0.0178. The lowest BCUT2D eigenvalue weighted by Crippen LogP contribution is -2.48. The number of hydrogen-bond acceptors (Lipinski definition) is 3. The molecule has 1 heterocycles. The van der Waals surface area contributed by atoms with Gasteiger partial charge in [-0.2, -0.15) is 5.26 Å². The Morgan fingerprint density at radius 3 is 2.52 bits per heavy atom. The van der Waals surface area contributed by atoms with Gasteiger partial charge in [-0.1, -0.05) is 6.42 Å². The van der Waals surface area contributed by atoms with Crippen molar-refractivity contribution in [1.82, 2.24) is 4.90 Å². The van der Waals surface area contributed by atoms with Gasteiger partial charge in [0.05, 0.1) is 12.0 Å². The normalized spacial score (nSPS) is 50.6.